The van der Waals surface area contributed by atoms with Gasteiger partial charge in [-0.2, -0.15) is 0 Å². The summed E-state index contributed by atoms with van der Waals surface area (Å²) in [5, 5.41) is 0. The maximum absolute atomic E-state index is 11.5. The van der Waals surface area contributed by atoms with Gasteiger partial charge in [0, 0.05) is 27.7 Å². The van der Waals surface area contributed by atoms with Crippen LogP contribution in [0.4, 0.5) is 0 Å². The molecule has 0 aromatic heterocycles. The molecule has 0 spiro atoms. The molecule has 6 atom stereocenters. The van der Waals surface area contributed by atoms with E-state index in [1.54, 1.807) is 0 Å². The lowest BCUT2D eigenvalue weighted by molar-refractivity contribution is -0.265. The Morgan fingerprint density at radius 2 is 1.64 bits per heavy atom. The van der Waals surface area contributed by atoms with Crippen LogP contribution in [-0.2, 0) is 42.8 Å². The van der Waals surface area contributed by atoms with Gasteiger partial charge in [-0.15, -0.1) is 6.42 Å². The first kappa shape index (κ1) is 19.2. The van der Waals surface area contributed by atoms with E-state index in [0.717, 1.165) is 0 Å². The van der Waals surface area contributed by atoms with Gasteiger partial charge in [-0.25, -0.2) is 0 Å². The molecule has 0 N–H and O–H groups in total. The zero-order valence-corrected chi connectivity index (χ0v) is 14.3. The average Bonchev–Trinajstić information content (AvgIpc) is 2.84. The Hall–Kier alpha value is -2.15. The van der Waals surface area contributed by atoms with Gasteiger partial charge in [-0.05, 0) is 5.92 Å². The Balaban J connectivity index is 2.31. The molecular weight excluding hydrogens is 336 g/mol. The molecule has 2 fully saturated rings. The smallest absolute Gasteiger partial charge is 0.303 e. The van der Waals surface area contributed by atoms with E-state index in [1.807, 2.05) is 0 Å². The number of esters is 3. The highest BCUT2D eigenvalue weighted by Crippen LogP contribution is 2.38. The van der Waals surface area contributed by atoms with Crippen LogP contribution in [0.25, 0.3) is 0 Å². The first-order valence-electron chi connectivity index (χ1n) is 7.62. The molecular formula is C16H20O9. The van der Waals surface area contributed by atoms with Crippen LogP contribution in [0.1, 0.15) is 27.7 Å². The standard InChI is InChI=1S/C16H20O9/c1-6-16(5)24-14-13(22-10(4)19)12(21-9(3)18)11(7-20-8(2)17)23-15(14)25-16/h1,11-15H,7H2,2-5H3/t11-,12-,13+,14-,15-,16+/m1/s1. The van der Waals surface area contributed by atoms with Gasteiger partial charge >= 0.3 is 17.9 Å². The summed E-state index contributed by atoms with van der Waals surface area (Å²) in [6.07, 6.45) is 0.459. The summed E-state index contributed by atoms with van der Waals surface area (Å²) in [4.78, 5) is 34.1. The predicted molar refractivity (Wildman–Crippen MR) is 79.6 cm³/mol. The van der Waals surface area contributed by atoms with Crippen LogP contribution in [0.2, 0.25) is 0 Å². The highest BCUT2D eigenvalue weighted by molar-refractivity contribution is 5.67. The van der Waals surface area contributed by atoms with Crippen molar-refractivity contribution in [3.8, 4) is 12.3 Å². The van der Waals surface area contributed by atoms with Crippen molar-refractivity contribution in [2.45, 2.75) is 64.2 Å². The molecule has 0 amide bonds. The van der Waals surface area contributed by atoms with Crippen molar-refractivity contribution in [1.29, 1.82) is 0 Å². The van der Waals surface area contributed by atoms with Crippen LogP contribution in [0.3, 0.4) is 0 Å². The molecule has 0 radical (unpaired) electrons. The quantitative estimate of drug-likeness (QED) is 0.388. The van der Waals surface area contributed by atoms with Gasteiger partial charge in [-0.3, -0.25) is 14.4 Å². The van der Waals surface area contributed by atoms with Crippen LogP contribution in [-0.4, -0.2) is 61.0 Å². The second-order valence-electron chi connectivity index (χ2n) is 5.78. The van der Waals surface area contributed by atoms with E-state index in [9.17, 15) is 14.4 Å². The molecule has 138 valence electrons. The first-order valence-corrected chi connectivity index (χ1v) is 7.62. The van der Waals surface area contributed by atoms with E-state index in [4.69, 9.17) is 34.8 Å². The molecule has 0 aliphatic carbocycles. The summed E-state index contributed by atoms with van der Waals surface area (Å²) in [6, 6.07) is 0. The van der Waals surface area contributed by atoms with E-state index in [0.29, 0.717) is 0 Å². The summed E-state index contributed by atoms with van der Waals surface area (Å²) in [6.45, 7) is 4.89. The lowest BCUT2D eigenvalue weighted by Gasteiger charge is -2.40. The van der Waals surface area contributed by atoms with Crippen molar-refractivity contribution in [1.82, 2.24) is 0 Å². The number of carbonyl (C=O) groups excluding carboxylic acids is 3. The molecule has 2 heterocycles. The van der Waals surface area contributed by atoms with Crippen LogP contribution in [0.15, 0.2) is 0 Å². The Morgan fingerprint density at radius 3 is 2.16 bits per heavy atom. The lowest BCUT2D eigenvalue weighted by Crippen LogP contribution is -2.60. The molecule has 2 rings (SSSR count). The van der Waals surface area contributed by atoms with E-state index in [-0.39, 0.29) is 6.61 Å². The van der Waals surface area contributed by atoms with Crippen molar-refractivity contribution in [2.24, 2.45) is 0 Å². The minimum Gasteiger partial charge on any atom is -0.463 e. The molecule has 2 aliphatic rings. The maximum atomic E-state index is 11.5. The number of hydrogen-bond acceptors (Lipinski definition) is 9. The third-order valence-corrected chi connectivity index (χ3v) is 3.61. The van der Waals surface area contributed by atoms with Crippen molar-refractivity contribution in [3.63, 3.8) is 0 Å². The molecule has 0 bridgehead atoms. The normalized spacial score (nSPS) is 36.7. The van der Waals surface area contributed by atoms with Crippen LogP contribution >= 0.6 is 0 Å². The fourth-order valence-corrected chi connectivity index (χ4v) is 2.67. The second-order valence-corrected chi connectivity index (χ2v) is 5.78. The molecule has 0 unspecified atom stereocenters. The Bertz CT molecular complexity index is 595. The molecule has 9 nitrogen and oxygen atoms in total. The summed E-state index contributed by atoms with van der Waals surface area (Å²) in [5.74, 6) is -0.860. The highest BCUT2D eigenvalue weighted by atomic mass is 16.8. The number of carbonyl (C=O) groups is 3. The van der Waals surface area contributed by atoms with Crippen LogP contribution in [0, 0.1) is 12.3 Å². The number of hydrogen-bond donors (Lipinski definition) is 0. The van der Waals surface area contributed by atoms with Gasteiger partial charge in [0.15, 0.2) is 24.6 Å². The van der Waals surface area contributed by atoms with Gasteiger partial charge in [0.25, 0.3) is 0 Å². The molecule has 25 heavy (non-hydrogen) atoms. The molecule has 0 aromatic rings. The zero-order valence-electron chi connectivity index (χ0n) is 14.3. The Morgan fingerprint density at radius 1 is 1.04 bits per heavy atom. The Kier molecular flexibility index (Phi) is 5.67. The van der Waals surface area contributed by atoms with E-state index in [1.165, 1.54) is 27.7 Å². The third kappa shape index (κ3) is 4.48. The van der Waals surface area contributed by atoms with Crippen LogP contribution < -0.4 is 0 Å². The largest absolute Gasteiger partial charge is 0.463 e. The van der Waals surface area contributed by atoms with Crippen molar-refractivity contribution in [3.05, 3.63) is 0 Å². The van der Waals surface area contributed by atoms with E-state index >= 15 is 0 Å². The lowest BCUT2D eigenvalue weighted by atomic mass is 9.98. The fourth-order valence-electron chi connectivity index (χ4n) is 2.67. The molecule has 2 saturated heterocycles. The minimum absolute atomic E-state index is 0.232. The number of fused-ring (bicyclic) bond motifs is 1. The topological polar surface area (TPSA) is 107 Å². The third-order valence-electron chi connectivity index (χ3n) is 3.61. The first-order chi connectivity index (χ1) is 11.6. The van der Waals surface area contributed by atoms with Gasteiger partial charge in [0.05, 0.1) is 0 Å². The highest BCUT2D eigenvalue weighted by Gasteiger charge is 2.58. The fraction of sp³-hybridized carbons (Fsp3) is 0.688. The zero-order chi connectivity index (χ0) is 18.8. The van der Waals surface area contributed by atoms with Crippen molar-refractivity contribution in [2.75, 3.05) is 6.61 Å². The summed E-state index contributed by atoms with van der Waals surface area (Å²) in [7, 11) is 0. The second kappa shape index (κ2) is 7.39. The molecule has 2 aliphatic heterocycles. The predicted octanol–water partition coefficient (Wildman–Crippen LogP) is -0.0974. The average molecular weight is 356 g/mol. The SMILES string of the molecule is C#C[C@]1(C)O[C@H]2O[C@H](COC(C)=O)[C@@H](OC(C)=O)[C@H](OC(C)=O)[C@H]2O1. The maximum Gasteiger partial charge on any atom is 0.303 e. The summed E-state index contributed by atoms with van der Waals surface area (Å²) >= 11 is 0. The summed E-state index contributed by atoms with van der Waals surface area (Å²) < 4.78 is 32.4. The molecule has 0 aromatic carbocycles. The van der Waals surface area contributed by atoms with E-state index < -0.39 is 54.4 Å². The monoisotopic (exact) mass is 356 g/mol. The van der Waals surface area contributed by atoms with Crippen molar-refractivity contribution >= 4 is 17.9 Å². The molecule has 9 heteroatoms. The molecule has 0 saturated carbocycles. The number of ether oxygens (including phenoxy) is 6. The van der Waals surface area contributed by atoms with Crippen LogP contribution in [0.5, 0.6) is 0 Å². The summed E-state index contributed by atoms with van der Waals surface area (Å²) in [5.41, 5.74) is 0. The van der Waals surface area contributed by atoms with Gasteiger partial charge < -0.3 is 28.4 Å². The Labute approximate surface area is 144 Å². The number of terminal acetylenes is 1. The van der Waals surface area contributed by atoms with Gasteiger partial charge in [0.1, 0.15) is 12.7 Å². The van der Waals surface area contributed by atoms with Gasteiger partial charge in [0.2, 0.25) is 5.79 Å². The van der Waals surface area contributed by atoms with Crippen molar-refractivity contribution < 1.29 is 42.8 Å². The van der Waals surface area contributed by atoms with E-state index in [2.05, 4.69) is 5.92 Å². The minimum atomic E-state index is -1.40. The van der Waals surface area contributed by atoms with Gasteiger partial charge in [-0.1, -0.05) is 0 Å². The number of rotatable bonds is 4.